The summed E-state index contributed by atoms with van der Waals surface area (Å²) in [5.74, 6) is -0.181. The molecular weight excluding hydrogens is 284 g/mol. The molecule has 0 saturated heterocycles. The van der Waals surface area contributed by atoms with Gasteiger partial charge in [0.15, 0.2) is 0 Å². The summed E-state index contributed by atoms with van der Waals surface area (Å²) < 4.78 is 5.08. The number of hydrogen-bond donors (Lipinski definition) is 1. The number of nitrogens with one attached hydrogen (secondary N) is 1. The molecule has 1 N–H and O–H groups in total. The highest BCUT2D eigenvalue weighted by molar-refractivity contribution is 9.10. The molecule has 0 bridgehead atoms. The Hall–Kier alpha value is -0.820. The van der Waals surface area contributed by atoms with Crippen LogP contribution >= 0.6 is 27.7 Å². The summed E-state index contributed by atoms with van der Waals surface area (Å²) in [6.45, 7) is 2.09. The van der Waals surface area contributed by atoms with E-state index in [1.807, 2.05) is 0 Å². The van der Waals surface area contributed by atoms with E-state index in [9.17, 15) is 9.59 Å². The Kier molecular flexibility index (Phi) is 4.83. The van der Waals surface area contributed by atoms with Crippen LogP contribution in [0.2, 0.25) is 0 Å². The number of aromatic nitrogens is 2. The van der Waals surface area contributed by atoms with Crippen LogP contribution < -0.4 is 5.56 Å². The predicted molar refractivity (Wildman–Crippen MR) is 59.9 cm³/mol. The van der Waals surface area contributed by atoms with Crippen molar-refractivity contribution in [3.8, 4) is 0 Å². The minimum Gasteiger partial charge on any atom is -0.465 e. The quantitative estimate of drug-likeness (QED) is 0.513. The fourth-order valence-corrected chi connectivity index (χ4v) is 2.04. The maximum Gasteiger partial charge on any atom is 0.316 e. The van der Waals surface area contributed by atoms with E-state index in [0.717, 1.165) is 11.8 Å². The van der Waals surface area contributed by atoms with Crippen LogP contribution in [0.5, 0.6) is 0 Å². The van der Waals surface area contributed by atoms with E-state index in [0.29, 0.717) is 16.1 Å². The highest BCUT2D eigenvalue weighted by atomic mass is 79.9. The molecule has 0 unspecified atom stereocenters. The van der Waals surface area contributed by atoms with E-state index in [4.69, 9.17) is 4.74 Å². The summed E-state index contributed by atoms with van der Waals surface area (Å²) in [6.07, 6.45) is 1.29. The standard InChI is InChI=1S/C8H9BrN2O3S/c1-2-14-5(12)3-15-8-6(9)7(13)10-4-11-8/h4H,2-3H2,1H3,(H,10,11,13). The van der Waals surface area contributed by atoms with E-state index in [1.165, 1.54) is 6.33 Å². The van der Waals surface area contributed by atoms with Gasteiger partial charge in [0.1, 0.15) is 9.50 Å². The van der Waals surface area contributed by atoms with E-state index >= 15 is 0 Å². The first-order chi connectivity index (χ1) is 7.15. The van der Waals surface area contributed by atoms with E-state index in [2.05, 4.69) is 25.9 Å². The molecule has 82 valence electrons. The number of halogens is 1. The Bertz CT molecular complexity index is 407. The molecule has 0 aromatic carbocycles. The van der Waals surface area contributed by atoms with Crippen molar-refractivity contribution in [3.05, 3.63) is 21.2 Å². The van der Waals surface area contributed by atoms with Crippen LogP contribution in [0.1, 0.15) is 6.92 Å². The third-order valence-electron chi connectivity index (χ3n) is 1.40. The van der Waals surface area contributed by atoms with Gasteiger partial charge in [0, 0.05) is 0 Å². The maximum atomic E-state index is 11.1. The lowest BCUT2D eigenvalue weighted by molar-refractivity contribution is -0.139. The number of carbonyl (C=O) groups excluding carboxylic acids is 1. The third-order valence-corrected chi connectivity index (χ3v) is 3.36. The van der Waals surface area contributed by atoms with Crippen molar-refractivity contribution in [1.29, 1.82) is 0 Å². The van der Waals surface area contributed by atoms with Crippen molar-refractivity contribution in [1.82, 2.24) is 9.97 Å². The Labute approximate surface area is 98.8 Å². The number of aromatic amines is 1. The molecule has 7 heteroatoms. The van der Waals surface area contributed by atoms with Crippen molar-refractivity contribution < 1.29 is 9.53 Å². The van der Waals surface area contributed by atoms with E-state index in [1.54, 1.807) is 6.92 Å². The molecule has 1 heterocycles. The van der Waals surface area contributed by atoms with Gasteiger partial charge < -0.3 is 9.72 Å². The van der Waals surface area contributed by atoms with Crippen molar-refractivity contribution in [2.75, 3.05) is 12.4 Å². The number of thioether (sulfide) groups is 1. The predicted octanol–water partition coefficient (Wildman–Crippen LogP) is 1.19. The van der Waals surface area contributed by atoms with Gasteiger partial charge in [-0.3, -0.25) is 9.59 Å². The minimum absolute atomic E-state index is 0.142. The molecule has 1 rings (SSSR count). The fraction of sp³-hybridized carbons (Fsp3) is 0.375. The average molecular weight is 293 g/mol. The van der Waals surface area contributed by atoms with Crippen molar-refractivity contribution in [3.63, 3.8) is 0 Å². The summed E-state index contributed by atoms with van der Waals surface area (Å²) in [7, 11) is 0. The number of carbonyl (C=O) groups is 1. The highest BCUT2D eigenvalue weighted by Crippen LogP contribution is 2.21. The second-order valence-corrected chi connectivity index (χ2v) is 4.20. The van der Waals surface area contributed by atoms with Gasteiger partial charge in [-0.2, -0.15) is 0 Å². The van der Waals surface area contributed by atoms with Crippen LogP contribution in [0.25, 0.3) is 0 Å². The molecule has 5 nitrogen and oxygen atoms in total. The largest absolute Gasteiger partial charge is 0.465 e. The monoisotopic (exact) mass is 292 g/mol. The number of esters is 1. The average Bonchev–Trinajstić information content (AvgIpc) is 2.21. The highest BCUT2D eigenvalue weighted by Gasteiger charge is 2.09. The topological polar surface area (TPSA) is 72.0 Å². The molecule has 1 aromatic heterocycles. The van der Waals surface area contributed by atoms with Gasteiger partial charge in [-0.1, -0.05) is 11.8 Å². The molecule has 15 heavy (non-hydrogen) atoms. The molecule has 1 aromatic rings. The Morgan fingerprint density at radius 2 is 2.47 bits per heavy atom. The van der Waals surface area contributed by atoms with Gasteiger partial charge in [0.05, 0.1) is 18.7 Å². The zero-order valence-electron chi connectivity index (χ0n) is 7.95. The lowest BCUT2D eigenvalue weighted by Gasteiger charge is -2.02. The number of nitrogens with zero attached hydrogens (tertiary/aromatic N) is 1. The molecule has 0 amide bonds. The third kappa shape index (κ3) is 3.67. The Balaban J connectivity index is 2.62. The second-order valence-electron chi connectivity index (χ2n) is 2.44. The summed E-state index contributed by atoms with van der Waals surface area (Å²) in [4.78, 5) is 28.5. The minimum atomic E-state index is -0.323. The van der Waals surface area contributed by atoms with Gasteiger partial charge in [0.2, 0.25) is 0 Å². The smallest absolute Gasteiger partial charge is 0.316 e. The number of rotatable bonds is 4. The van der Waals surface area contributed by atoms with Crippen molar-refractivity contribution in [2.24, 2.45) is 0 Å². The zero-order valence-corrected chi connectivity index (χ0v) is 10.4. The van der Waals surface area contributed by atoms with Gasteiger partial charge in [-0.25, -0.2) is 4.98 Å². The summed E-state index contributed by atoms with van der Waals surface area (Å²) >= 11 is 4.25. The lowest BCUT2D eigenvalue weighted by atomic mass is 10.7. The molecule has 0 spiro atoms. The molecular formula is C8H9BrN2O3S. The van der Waals surface area contributed by atoms with Crippen LogP contribution in [0.15, 0.2) is 20.6 Å². The van der Waals surface area contributed by atoms with Gasteiger partial charge in [-0.15, -0.1) is 0 Å². The molecule has 0 aliphatic rings. The SMILES string of the molecule is CCOC(=O)CSc1nc[nH]c(=O)c1Br. The summed E-state index contributed by atoms with van der Waals surface area (Å²) in [5.41, 5.74) is -0.267. The van der Waals surface area contributed by atoms with Crippen LogP contribution in [-0.4, -0.2) is 28.3 Å². The fourth-order valence-electron chi connectivity index (χ4n) is 0.797. The molecule has 0 radical (unpaired) electrons. The lowest BCUT2D eigenvalue weighted by Crippen LogP contribution is -2.10. The Morgan fingerprint density at radius 1 is 1.73 bits per heavy atom. The van der Waals surface area contributed by atoms with Crippen LogP contribution in [0, 0.1) is 0 Å². The van der Waals surface area contributed by atoms with Crippen LogP contribution in [0.4, 0.5) is 0 Å². The van der Waals surface area contributed by atoms with Crippen LogP contribution in [-0.2, 0) is 9.53 Å². The molecule has 0 fully saturated rings. The van der Waals surface area contributed by atoms with E-state index in [-0.39, 0.29) is 17.3 Å². The summed E-state index contributed by atoms with van der Waals surface area (Å²) in [5, 5.41) is 0.479. The van der Waals surface area contributed by atoms with Gasteiger partial charge in [0.25, 0.3) is 5.56 Å². The number of ether oxygens (including phenoxy) is 1. The molecule has 0 saturated carbocycles. The second kappa shape index (κ2) is 5.92. The molecule has 0 aliphatic carbocycles. The van der Waals surface area contributed by atoms with E-state index < -0.39 is 0 Å². The number of hydrogen-bond acceptors (Lipinski definition) is 5. The zero-order chi connectivity index (χ0) is 11.3. The van der Waals surface area contributed by atoms with Crippen molar-refractivity contribution >= 4 is 33.7 Å². The molecule has 0 atom stereocenters. The van der Waals surface area contributed by atoms with Crippen LogP contribution in [0.3, 0.4) is 0 Å². The normalized spacial score (nSPS) is 10.0. The van der Waals surface area contributed by atoms with Gasteiger partial charge >= 0.3 is 5.97 Å². The first-order valence-corrected chi connectivity index (χ1v) is 5.94. The molecule has 0 aliphatic heterocycles. The van der Waals surface area contributed by atoms with Crippen molar-refractivity contribution in [2.45, 2.75) is 11.9 Å². The first kappa shape index (κ1) is 12.3. The first-order valence-electron chi connectivity index (χ1n) is 4.16. The number of H-pyrrole nitrogens is 1. The summed E-state index contributed by atoms with van der Waals surface area (Å²) in [6, 6.07) is 0. The maximum absolute atomic E-state index is 11.1. The van der Waals surface area contributed by atoms with Gasteiger partial charge in [-0.05, 0) is 22.9 Å². The Morgan fingerprint density at radius 3 is 3.13 bits per heavy atom.